The van der Waals surface area contributed by atoms with Gasteiger partial charge in [-0.1, -0.05) is 26.5 Å². The van der Waals surface area contributed by atoms with Crippen LogP contribution in [0.2, 0.25) is 0 Å². The van der Waals surface area contributed by atoms with E-state index in [-0.39, 0.29) is 11.9 Å². The summed E-state index contributed by atoms with van der Waals surface area (Å²) in [6.45, 7) is 12.1. The first kappa shape index (κ1) is 17.8. The summed E-state index contributed by atoms with van der Waals surface area (Å²) in [4.78, 5) is 12.0. The lowest BCUT2D eigenvalue weighted by atomic mass is 10.0. The van der Waals surface area contributed by atoms with E-state index in [4.69, 9.17) is 4.74 Å². The molecule has 0 bridgehead atoms. The summed E-state index contributed by atoms with van der Waals surface area (Å²) in [5.41, 5.74) is 0. The number of nitrogens with one attached hydrogen (secondary N) is 1. The number of unbranched alkanes of at least 4 members (excludes halogenated alkanes) is 1. The standard InChI is InChI=1S/C18H31NO2/c1-5-6-7-12-18(20)19-17(13-14(2)3)15(4)21-16-10-8-9-11-16/h5,14,16-17H,1,4,6-13H2,2-3H3,(H,19,20). The van der Waals surface area contributed by atoms with Gasteiger partial charge < -0.3 is 10.1 Å². The minimum atomic E-state index is -0.0677. The normalized spacial score (nSPS) is 16.7. The number of hydrogen-bond acceptors (Lipinski definition) is 2. The number of allylic oxidation sites excluding steroid dienone is 1. The van der Waals surface area contributed by atoms with Crippen LogP contribution in [-0.2, 0) is 9.53 Å². The average molecular weight is 293 g/mol. The molecular weight excluding hydrogens is 262 g/mol. The molecule has 1 aliphatic rings. The first-order valence-corrected chi connectivity index (χ1v) is 8.28. The summed E-state index contributed by atoms with van der Waals surface area (Å²) in [6, 6.07) is -0.0677. The van der Waals surface area contributed by atoms with Crippen LogP contribution in [0.5, 0.6) is 0 Å². The fraction of sp³-hybridized carbons (Fsp3) is 0.722. The molecule has 0 radical (unpaired) electrons. The molecule has 1 atom stereocenters. The Morgan fingerprint density at radius 3 is 2.62 bits per heavy atom. The van der Waals surface area contributed by atoms with E-state index in [1.54, 1.807) is 0 Å². The predicted octanol–water partition coefficient (Wildman–Crippen LogP) is 4.35. The topological polar surface area (TPSA) is 38.3 Å². The molecule has 3 heteroatoms. The summed E-state index contributed by atoms with van der Waals surface area (Å²) in [6.07, 6.45) is 9.98. The summed E-state index contributed by atoms with van der Waals surface area (Å²) < 4.78 is 5.98. The third kappa shape index (κ3) is 7.35. The number of hydrogen-bond donors (Lipinski definition) is 1. The first-order chi connectivity index (χ1) is 10.0. The molecule has 1 rings (SSSR count). The van der Waals surface area contributed by atoms with E-state index in [1.807, 2.05) is 6.08 Å². The van der Waals surface area contributed by atoms with Crippen molar-refractivity contribution in [2.24, 2.45) is 5.92 Å². The molecule has 0 aromatic rings. The van der Waals surface area contributed by atoms with Gasteiger partial charge in [0.15, 0.2) is 0 Å². The van der Waals surface area contributed by atoms with Crippen LogP contribution < -0.4 is 5.32 Å². The van der Waals surface area contributed by atoms with Crippen LogP contribution in [0.4, 0.5) is 0 Å². The van der Waals surface area contributed by atoms with E-state index < -0.39 is 0 Å². The molecule has 1 unspecified atom stereocenters. The van der Waals surface area contributed by atoms with E-state index in [0.717, 1.165) is 37.9 Å². The van der Waals surface area contributed by atoms with E-state index in [1.165, 1.54) is 12.8 Å². The third-order valence-corrected chi connectivity index (χ3v) is 3.86. The largest absolute Gasteiger partial charge is 0.493 e. The number of carbonyl (C=O) groups excluding carboxylic acids is 1. The summed E-state index contributed by atoms with van der Waals surface area (Å²) in [7, 11) is 0. The highest BCUT2D eigenvalue weighted by molar-refractivity contribution is 5.76. The van der Waals surface area contributed by atoms with Crippen molar-refractivity contribution in [1.29, 1.82) is 0 Å². The van der Waals surface area contributed by atoms with Crippen LogP contribution >= 0.6 is 0 Å². The number of rotatable bonds is 10. The van der Waals surface area contributed by atoms with Crippen molar-refractivity contribution in [1.82, 2.24) is 5.32 Å². The Bertz CT molecular complexity index is 343. The Morgan fingerprint density at radius 2 is 2.05 bits per heavy atom. The Hall–Kier alpha value is -1.25. The van der Waals surface area contributed by atoms with Gasteiger partial charge in [0.1, 0.15) is 5.76 Å². The molecule has 1 saturated carbocycles. The van der Waals surface area contributed by atoms with Crippen molar-refractivity contribution >= 4 is 5.91 Å². The Balaban J connectivity index is 2.46. The lowest BCUT2D eigenvalue weighted by Crippen LogP contribution is -2.38. The number of carbonyl (C=O) groups is 1. The molecule has 0 aliphatic heterocycles. The molecule has 120 valence electrons. The molecule has 0 spiro atoms. The van der Waals surface area contributed by atoms with Crippen molar-refractivity contribution in [3.05, 3.63) is 25.0 Å². The van der Waals surface area contributed by atoms with Crippen LogP contribution in [0.25, 0.3) is 0 Å². The molecule has 0 heterocycles. The molecule has 1 aliphatic carbocycles. The Morgan fingerprint density at radius 1 is 1.38 bits per heavy atom. The van der Waals surface area contributed by atoms with Crippen molar-refractivity contribution in [3.63, 3.8) is 0 Å². The van der Waals surface area contributed by atoms with Gasteiger partial charge in [-0.15, -0.1) is 6.58 Å². The quantitative estimate of drug-likeness (QED) is 0.369. The van der Waals surface area contributed by atoms with Gasteiger partial charge in [-0.3, -0.25) is 4.79 Å². The van der Waals surface area contributed by atoms with Crippen LogP contribution in [0.1, 0.15) is 65.2 Å². The minimum absolute atomic E-state index is 0.0677. The molecule has 21 heavy (non-hydrogen) atoms. The molecule has 0 aromatic carbocycles. The second kappa shape index (κ2) is 9.64. The van der Waals surface area contributed by atoms with Gasteiger partial charge in [-0.05, 0) is 50.9 Å². The zero-order chi connectivity index (χ0) is 15.7. The molecule has 0 aromatic heterocycles. The van der Waals surface area contributed by atoms with Gasteiger partial charge in [-0.25, -0.2) is 0 Å². The van der Waals surface area contributed by atoms with Crippen LogP contribution in [-0.4, -0.2) is 18.1 Å². The van der Waals surface area contributed by atoms with Gasteiger partial charge in [-0.2, -0.15) is 0 Å². The van der Waals surface area contributed by atoms with Crippen LogP contribution in [0, 0.1) is 5.92 Å². The van der Waals surface area contributed by atoms with Crippen molar-refractivity contribution in [3.8, 4) is 0 Å². The molecule has 3 nitrogen and oxygen atoms in total. The molecule has 1 N–H and O–H groups in total. The maximum atomic E-state index is 12.0. The van der Waals surface area contributed by atoms with E-state index in [0.29, 0.717) is 18.4 Å². The van der Waals surface area contributed by atoms with Gasteiger partial charge in [0, 0.05) is 6.42 Å². The molecule has 1 amide bonds. The fourth-order valence-electron chi connectivity index (χ4n) is 2.72. The Kier molecular flexibility index (Phi) is 8.17. The third-order valence-electron chi connectivity index (χ3n) is 3.86. The maximum absolute atomic E-state index is 12.0. The maximum Gasteiger partial charge on any atom is 0.220 e. The highest BCUT2D eigenvalue weighted by atomic mass is 16.5. The van der Waals surface area contributed by atoms with Crippen molar-refractivity contribution < 1.29 is 9.53 Å². The van der Waals surface area contributed by atoms with Gasteiger partial charge in [0.05, 0.1) is 12.1 Å². The van der Waals surface area contributed by atoms with E-state index in [2.05, 4.69) is 32.3 Å². The lowest BCUT2D eigenvalue weighted by Gasteiger charge is -2.25. The SMILES string of the molecule is C=CCCCC(=O)NC(CC(C)C)C(=C)OC1CCCC1. The average Bonchev–Trinajstić information content (AvgIpc) is 2.90. The summed E-state index contributed by atoms with van der Waals surface area (Å²) in [5, 5.41) is 3.08. The monoisotopic (exact) mass is 293 g/mol. The smallest absolute Gasteiger partial charge is 0.220 e. The summed E-state index contributed by atoms with van der Waals surface area (Å²) in [5.74, 6) is 1.30. The Labute approximate surface area is 129 Å². The van der Waals surface area contributed by atoms with Gasteiger partial charge >= 0.3 is 0 Å². The van der Waals surface area contributed by atoms with E-state index >= 15 is 0 Å². The second-order valence-corrected chi connectivity index (χ2v) is 6.42. The first-order valence-electron chi connectivity index (χ1n) is 8.28. The number of ether oxygens (including phenoxy) is 1. The predicted molar refractivity (Wildman–Crippen MR) is 87.9 cm³/mol. The van der Waals surface area contributed by atoms with Crippen molar-refractivity contribution in [2.45, 2.75) is 77.4 Å². The molecule has 1 fully saturated rings. The van der Waals surface area contributed by atoms with Gasteiger partial charge in [0.2, 0.25) is 5.91 Å². The van der Waals surface area contributed by atoms with Gasteiger partial charge in [0.25, 0.3) is 0 Å². The number of amides is 1. The highest BCUT2D eigenvalue weighted by Crippen LogP contribution is 2.25. The zero-order valence-electron chi connectivity index (χ0n) is 13.7. The zero-order valence-corrected chi connectivity index (χ0v) is 13.7. The summed E-state index contributed by atoms with van der Waals surface area (Å²) >= 11 is 0. The minimum Gasteiger partial charge on any atom is -0.493 e. The van der Waals surface area contributed by atoms with Crippen molar-refractivity contribution in [2.75, 3.05) is 0 Å². The second-order valence-electron chi connectivity index (χ2n) is 6.42. The van der Waals surface area contributed by atoms with Crippen LogP contribution in [0.3, 0.4) is 0 Å². The fourth-order valence-corrected chi connectivity index (χ4v) is 2.72. The lowest BCUT2D eigenvalue weighted by molar-refractivity contribution is -0.122. The molecular formula is C18H31NO2. The van der Waals surface area contributed by atoms with E-state index in [9.17, 15) is 4.79 Å². The molecule has 0 saturated heterocycles. The van der Waals surface area contributed by atoms with Crippen LogP contribution in [0.15, 0.2) is 25.0 Å². The highest BCUT2D eigenvalue weighted by Gasteiger charge is 2.23.